The Morgan fingerprint density at radius 1 is 1.20 bits per heavy atom. The van der Waals surface area contributed by atoms with Crippen molar-refractivity contribution in [2.75, 3.05) is 19.6 Å². The summed E-state index contributed by atoms with van der Waals surface area (Å²) in [5.74, 6) is 0. The van der Waals surface area contributed by atoms with Crippen molar-refractivity contribution in [1.29, 1.82) is 0 Å². The van der Waals surface area contributed by atoms with Crippen LogP contribution >= 0.6 is 0 Å². The Hall–Kier alpha value is -0.300. The first-order chi connectivity index (χ1) is 4.93. The van der Waals surface area contributed by atoms with E-state index in [0.29, 0.717) is 0 Å². The molecule has 0 radical (unpaired) electrons. The molecular formula is C9H17N. The summed E-state index contributed by atoms with van der Waals surface area (Å²) in [7, 11) is 0. The van der Waals surface area contributed by atoms with Crippen LogP contribution in [0.25, 0.3) is 0 Å². The number of hydrogen-bond acceptors (Lipinski definition) is 1. The summed E-state index contributed by atoms with van der Waals surface area (Å²) in [5, 5.41) is 0. The van der Waals surface area contributed by atoms with Gasteiger partial charge in [0.05, 0.1) is 0 Å². The highest BCUT2D eigenvalue weighted by atomic mass is 15.1. The summed E-state index contributed by atoms with van der Waals surface area (Å²) in [6, 6.07) is 0. The van der Waals surface area contributed by atoms with E-state index in [0.717, 1.165) is 6.54 Å². The Morgan fingerprint density at radius 3 is 2.50 bits per heavy atom. The van der Waals surface area contributed by atoms with E-state index in [-0.39, 0.29) is 0 Å². The Kier molecular flexibility index (Phi) is 3.52. The molecular weight excluding hydrogens is 122 g/mol. The van der Waals surface area contributed by atoms with E-state index < -0.39 is 0 Å². The fourth-order valence-corrected chi connectivity index (χ4v) is 1.40. The molecule has 1 aliphatic rings. The standard InChI is InChI=1S/C9H17N/c1-2-3-7-10-8-5-4-6-9-10/h2-3H,4-9H2,1H3. The van der Waals surface area contributed by atoms with Gasteiger partial charge < -0.3 is 0 Å². The second kappa shape index (κ2) is 4.51. The van der Waals surface area contributed by atoms with Gasteiger partial charge in [-0.2, -0.15) is 0 Å². The summed E-state index contributed by atoms with van der Waals surface area (Å²) >= 11 is 0. The van der Waals surface area contributed by atoms with Crippen LogP contribution in [0.5, 0.6) is 0 Å². The van der Waals surface area contributed by atoms with Gasteiger partial charge in [-0.3, -0.25) is 4.90 Å². The zero-order valence-corrected chi connectivity index (χ0v) is 6.84. The highest BCUT2D eigenvalue weighted by Gasteiger charge is 2.06. The summed E-state index contributed by atoms with van der Waals surface area (Å²) in [6.07, 6.45) is 8.61. The third-order valence-electron chi connectivity index (χ3n) is 2.05. The molecule has 1 nitrogen and oxygen atoms in total. The lowest BCUT2D eigenvalue weighted by Gasteiger charge is -2.24. The van der Waals surface area contributed by atoms with Gasteiger partial charge in [-0.15, -0.1) is 0 Å². The van der Waals surface area contributed by atoms with Crippen molar-refractivity contribution in [2.24, 2.45) is 0 Å². The molecule has 1 heteroatoms. The van der Waals surface area contributed by atoms with Crippen molar-refractivity contribution < 1.29 is 0 Å². The van der Waals surface area contributed by atoms with Gasteiger partial charge in [0.1, 0.15) is 0 Å². The average molecular weight is 139 g/mol. The third-order valence-corrected chi connectivity index (χ3v) is 2.05. The molecule has 0 saturated carbocycles. The first kappa shape index (κ1) is 7.80. The minimum atomic E-state index is 1.16. The van der Waals surface area contributed by atoms with Gasteiger partial charge in [-0.1, -0.05) is 18.6 Å². The van der Waals surface area contributed by atoms with E-state index in [9.17, 15) is 0 Å². The fourth-order valence-electron chi connectivity index (χ4n) is 1.40. The molecule has 0 bridgehead atoms. The van der Waals surface area contributed by atoms with Crippen LogP contribution in [0.2, 0.25) is 0 Å². The maximum Gasteiger partial charge on any atom is 0.0163 e. The lowest BCUT2D eigenvalue weighted by Crippen LogP contribution is -2.29. The van der Waals surface area contributed by atoms with Crippen LogP contribution in [0.15, 0.2) is 12.2 Å². The van der Waals surface area contributed by atoms with Crippen LogP contribution in [0, 0.1) is 0 Å². The van der Waals surface area contributed by atoms with E-state index >= 15 is 0 Å². The van der Waals surface area contributed by atoms with E-state index in [4.69, 9.17) is 0 Å². The number of likely N-dealkylation sites (tertiary alicyclic amines) is 1. The number of piperidine rings is 1. The van der Waals surface area contributed by atoms with Gasteiger partial charge in [-0.05, 0) is 32.9 Å². The lowest BCUT2D eigenvalue weighted by atomic mass is 10.1. The molecule has 0 N–H and O–H groups in total. The minimum Gasteiger partial charge on any atom is -0.300 e. The minimum absolute atomic E-state index is 1.16. The molecule has 1 rings (SSSR count). The second-order valence-corrected chi connectivity index (χ2v) is 2.93. The van der Waals surface area contributed by atoms with Crippen molar-refractivity contribution in [1.82, 2.24) is 4.90 Å². The molecule has 0 aliphatic carbocycles. The van der Waals surface area contributed by atoms with Crippen molar-refractivity contribution >= 4 is 0 Å². The van der Waals surface area contributed by atoms with E-state index in [1.165, 1.54) is 32.4 Å². The summed E-state index contributed by atoms with van der Waals surface area (Å²) in [5.41, 5.74) is 0. The summed E-state index contributed by atoms with van der Waals surface area (Å²) in [4.78, 5) is 2.52. The molecule has 0 unspecified atom stereocenters. The predicted octanol–water partition coefficient (Wildman–Crippen LogP) is 2.05. The highest BCUT2D eigenvalue weighted by molar-refractivity contribution is 4.82. The largest absolute Gasteiger partial charge is 0.300 e. The zero-order valence-electron chi connectivity index (χ0n) is 6.84. The maximum atomic E-state index is 2.52. The van der Waals surface area contributed by atoms with Crippen molar-refractivity contribution in [3.8, 4) is 0 Å². The van der Waals surface area contributed by atoms with Crippen LogP contribution in [0.1, 0.15) is 26.2 Å². The summed E-state index contributed by atoms with van der Waals surface area (Å²) in [6.45, 7) is 5.87. The number of hydrogen-bond donors (Lipinski definition) is 0. The van der Waals surface area contributed by atoms with Gasteiger partial charge in [0, 0.05) is 6.54 Å². The van der Waals surface area contributed by atoms with Crippen molar-refractivity contribution in [3.63, 3.8) is 0 Å². The number of nitrogens with zero attached hydrogens (tertiary/aromatic N) is 1. The van der Waals surface area contributed by atoms with E-state index in [1.807, 2.05) is 0 Å². The predicted molar refractivity (Wildman–Crippen MR) is 45.1 cm³/mol. The molecule has 1 aliphatic heterocycles. The molecule has 1 saturated heterocycles. The van der Waals surface area contributed by atoms with Crippen LogP contribution < -0.4 is 0 Å². The van der Waals surface area contributed by atoms with Gasteiger partial charge in [-0.25, -0.2) is 0 Å². The molecule has 0 aromatic rings. The normalized spacial score (nSPS) is 22.1. The van der Waals surface area contributed by atoms with Gasteiger partial charge in [0.25, 0.3) is 0 Å². The van der Waals surface area contributed by atoms with Gasteiger partial charge in [0.2, 0.25) is 0 Å². The van der Waals surface area contributed by atoms with Gasteiger partial charge >= 0.3 is 0 Å². The molecule has 1 fully saturated rings. The zero-order chi connectivity index (χ0) is 7.23. The summed E-state index contributed by atoms with van der Waals surface area (Å²) < 4.78 is 0. The molecule has 0 aromatic carbocycles. The molecule has 0 amide bonds. The fraction of sp³-hybridized carbons (Fsp3) is 0.778. The Bertz CT molecular complexity index is 101. The van der Waals surface area contributed by atoms with Crippen molar-refractivity contribution in [2.45, 2.75) is 26.2 Å². The van der Waals surface area contributed by atoms with Crippen LogP contribution in [0.3, 0.4) is 0 Å². The Morgan fingerprint density at radius 2 is 1.90 bits per heavy atom. The molecule has 0 aromatic heterocycles. The van der Waals surface area contributed by atoms with Gasteiger partial charge in [0.15, 0.2) is 0 Å². The first-order valence-corrected chi connectivity index (χ1v) is 4.27. The molecule has 10 heavy (non-hydrogen) atoms. The Balaban J connectivity index is 2.13. The third kappa shape index (κ3) is 2.53. The maximum absolute atomic E-state index is 2.52. The number of rotatable bonds is 2. The second-order valence-electron chi connectivity index (χ2n) is 2.93. The highest BCUT2D eigenvalue weighted by Crippen LogP contribution is 2.07. The van der Waals surface area contributed by atoms with E-state index in [2.05, 4.69) is 24.0 Å². The number of allylic oxidation sites excluding steroid dienone is 1. The van der Waals surface area contributed by atoms with E-state index in [1.54, 1.807) is 0 Å². The van der Waals surface area contributed by atoms with Crippen molar-refractivity contribution in [3.05, 3.63) is 12.2 Å². The van der Waals surface area contributed by atoms with Crippen LogP contribution in [-0.4, -0.2) is 24.5 Å². The molecule has 58 valence electrons. The van der Waals surface area contributed by atoms with Crippen LogP contribution in [-0.2, 0) is 0 Å². The van der Waals surface area contributed by atoms with Crippen LogP contribution in [0.4, 0.5) is 0 Å². The quantitative estimate of drug-likeness (QED) is 0.529. The lowest BCUT2D eigenvalue weighted by molar-refractivity contribution is 0.251. The Labute approximate surface area is 63.7 Å². The molecule has 0 spiro atoms. The first-order valence-electron chi connectivity index (χ1n) is 4.27. The smallest absolute Gasteiger partial charge is 0.0163 e. The SMILES string of the molecule is CC=CCN1CCCCC1. The topological polar surface area (TPSA) is 3.24 Å². The monoisotopic (exact) mass is 139 g/mol. The molecule has 0 atom stereocenters. The molecule has 1 heterocycles. The average Bonchev–Trinajstić information content (AvgIpc) is 2.03.